The Morgan fingerprint density at radius 2 is 2.24 bits per heavy atom. The summed E-state index contributed by atoms with van der Waals surface area (Å²) in [6.07, 6.45) is 0.786. The van der Waals surface area contributed by atoms with Crippen LogP contribution in [0.2, 0.25) is 5.02 Å². The number of carbonyl (C=O) groups excluding carboxylic acids is 1. The van der Waals surface area contributed by atoms with E-state index in [1.54, 1.807) is 0 Å². The number of benzene rings is 1. The summed E-state index contributed by atoms with van der Waals surface area (Å²) in [5.74, 6) is -0.0527. The maximum absolute atomic E-state index is 12.0. The number of ether oxygens (including phenoxy) is 1. The van der Waals surface area contributed by atoms with Crippen molar-refractivity contribution in [3.8, 4) is 0 Å². The van der Waals surface area contributed by atoms with Crippen molar-refractivity contribution in [2.24, 2.45) is 5.92 Å². The van der Waals surface area contributed by atoms with Crippen molar-refractivity contribution in [3.63, 3.8) is 0 Å². The van der Waals surface area contributed by atoms with Gasteiger partial charge in [-0.25, -0.2) is 0 Å². The topological polar surface area (TPSA) is 38.3 Å². The first-order valence-corrected chi connectivity index (χ1v) is 6.11. The van der Waals surface area contributed by atoms with Crippen molar-refractivity contribution >= 4 is 23.2 Å². The second-order valence-electron chi connectivity index (χ2n) is 4.49. The Morgan fingerprint density at radius 1 is 1.47 bits per heavy atom. The largest absolute Gasteiger partial charge is 0.381 e. The van der Waals surface area contributed by atoms with Crippen molar-refractivity contribution < 1.29 is 9.53 Å². The molecule has 1 aromatic carbocycles. The van der Waals surface area contributed by atoms with E-state index in [1.807, 2.05) is 26.0 Å². The van der Waals surface area contributed by atoms with E-state index in [-0.39, 0.29) is 11.8 Å². The van der Waals surface area contributed by atoms with Gasteiger partial charge in [-0.15, -0.1) is 0 Å². The molecule has 3 nitrogen and oxygen atoms in total. The number of hydrogen-bond acceptors (Lipinski definition) is 2. The van der Waals surface area contributed by atoms with E-state index in [4.69, 9.17) is 16.3 Å². The number of anilines is 1. The first kappa shape index (κ1) is 12.4. The van der Waals surface area contributed by atoms with Crippen LogP contribution in [-0.4, -0.2) is 19.1 Å². The highest BCUT2D eigenvalue weighted by atomic mass is 35.5. The summed E-state index contributed by atoms with van der Waals surface area (Å²) >= 11 is 6.14. The van der Waals surface area contributed by atoms with Crippen molar-refractivity contribution in [2.45, 2.75) is 20.3 Å². The lowest BCUT2D eigenvalue weighted by Crippen LogP contribution is -2.23. The fraction of sp³-hybridized carbons (Fsp3) is 0.462. The highest BCUT2D eigenvalue weighted by molar-refractivity contribution is 6.34. The summed E-state index contributed by atoms with van der Waals surface area (Å²) in [4.78, 5) is 12.0. The fourth-order valence-corrected chi connectivity index (χ4v) is 2.41. The van der Waals surface area contributed by atoms with Gasteiger partial charge in [-0.1, -0.05) is 17.7 Å². The molecule has 0 spiro atoms. The van der Waals surface area contributed by atoms with Gasteiger partial charge in [0.1, 0.15) is 0 Å². The van der Waals surface area contributed by atoms with Crippen LogP contribution < -0.4 is 5.32 Å². The smallest absolute Gasteiger partial charge is 0.229 e. The molecule has 1 aliphatic heterocycles. The van der Waals surface area contributed by atoms with E-state index in [2.05, 4.69) is 5.32 Å². The van der Waals surface area contributed by atoms with Crippen molar-refractivity contribution in [1.29, 1.82) is 0 Å². The molecular weight excluding hydrogens is 238 g/mol. The number of carbonyl (C=O) groups is 1. The third kappa shape index (κ3) is 2.79. The van der Waals surface area contributed by atoms with E-state index in [1.165, 1.54) is 0 Å². The predicted octanol–water partition coefficient (Wildman–Crippen LogP) is 2.93. The molecule has 1 fully saturated rings. The molecule has 1 saturated heterocycles. The van der Waals surface area contributed by atoms with Gasteiger partial charge < -0.3 is 10.1 Å². The van der Waals surface area contributed by atoms with E-state index < -0.39 is 0 Å². The molecule has 1 atom stereocenters. The average Bonchev–Trinajstić information content (AvgIpc) is 2.76. The zero-order valence-corrected chi connectivity index (χ0v) is 10.8. The third-order valence-electron chi connectivity index (χ3n) is 2.98. The molecule has 1 amide bonds. The van der Waals surface area contributed by atoms with Gasteiger partial charge in [-0.3, -0.25) is 4.79 Å². The van der Waals surface area contributed by atoms with Gasteiger partial charge in [0, 0.05) is 6.61 Å². The minimum Gasteiger partial charge on any atom is -0.381 e. The Labute approximate surface area is 106 Å². The monoisotopic (exact) mass is 253 g/mol. The summed E-state index contributed by atoms with van der Waals surface area (Å²) < 4.78 is 5.20. The molecule has 0 aromatic heterocycles. The molecule has 0 bridgehead atoms. The van der Waals surface area contributed by atoms with Gasteiger partial charge >= 0.3 is 0 Å². The molecule has 17 heavy (non-hydrogen) atoms. The van der Waals surface area contributed by atoms with E-state index in [0.717, 1.165) is 17.5 Å². The molecule has 0 aliphatic carbocycles. The Morgan fingerprint density at radius 3 is 2.82 bits per heavy atom. The van der Waals surface area contributed by atoms with Gasteiger partial charge in [-0.05, 0) is 37.5 Å². The average molecular weight is 254 g/mol. The molecular formula is C13H16ClNO2. The maximum atomic E-state index is 12.0. The van der Waals surface area contributed by atoms with E-state index in [0.29, 0.717) is 23.9 Å². The molecule has 1 heterocycles. The number of amides is 1. The number of hydrogen-bond donors (Lipinski definition) is 1. The second-order valence-corrected chi connectivity index (χ2v) is 4.90. The zero-order valence-electron chi connectivity index (χ0n) is 10.0. The molecule has 92 valence electrons. The van der Waals surface area contributed by atoms with Crippen LogP contribution in [0.15, 0.2) is 12.1 Å². The summed E-state index contributed by atoms with van der Waals surface area (Å²) in [6, 6.07) is 3.86. The molecule has 1 aliphatic rings. The summed E-state index contributed by atoms with van der Waals surface area (Å²) in [5.41, 5.74) is 2.80. The lowest BCUT2D eigenvalue weighted by molar-refractivity contribution is -0.119. The molecule has 2 rings (SSSR count). The zero-order chi connectivity index (χ0) is 12.4. The second kappa shape index (κ2) is 5.07. The first-order chi connectivity index (χ1) is 8.08. The Kier molecular flexibility index (Phi) is 3.69. The van der Waals surface area contributed by atoms with Crippen molar-refractivity contribution in [3.05, 3.63) is 28.3 Å². The van der Waals surface area contributed by atoms with Crippen LogP contribution >= 0.6 is 11.6 Å². The van der Waals surface area contributed by atoms with Crippen LogP contribution in [0, 0.1) is 19.8 Å². The van der Waals surface area contributed by atoms with Crippen molar-refractivity contribution in [2.75, 3.05) is 18.5 Å². The maximum Gasteiger partial charge on any atom is 0.229 e. The van der Waals surface area contributed by atoms with Gasteiger partial charge in [-0.2, -0.15) is 0 Å². The van der Waals surface area contributed by atoms with Crippen LogP contribution in [0.25, 0.3) is 0 Å². The Balaban J connectivity index is 2.15. The van der Waals surface area contributed by atoms with E-state index in [9.17, 15) is 4.79 Å². The van der Waals surface area contributed by atoms with Crippen molar-refractivity contribution in [1.82, 2.24) is 0 Å². The van der Waals surface area contributed by atoms with Gasteiger partial charge in [0.2, 0.25) is 5.91 Å². The molecule has 1 aromatic rings. The third-order valence-corrected chi connectivity index (χ3v) is 3.28. The molecule has 4 heteroatoms. The normalized spacial score (nSPS) is 19.4. The minimum atomic E-state index is -0.0493. The van der Waals surface area contributed by atoms with Crippen LogP contribution in [0.1, 0.15) is 17.5 Å². The molecule has 1 N–H and O–H groups in total. The fourth-order valence-electron chi connectivity index (χ4n) is 2.04. The SMILES string of the molecule is Cc1cc(C)c(NC(=O)C2CCOC2)c(Cl)c1. The number of nitrogens with one attached hydrogen (secondary N) is 1. The molecule has 1 unspecified atom stereocenters. The highest BCUT2D eigenvalue weighted by Gasteiger charge is 2.24. The molecule has 0 saturated carbocycles. The lowest BCUT2D eigenvalue weighted by atomic mass is 10.1. The van der Waals surface area contributed by atoms with Crippen LogP contribution in [0.3, 0.4) is 0 Å². The highest BCUT2D eigenvalue weighted by Crippen LogP contribution is 2.28. The standard InChI is InChI=1S/C13H16ClNO2/c1-8-5-9(2)12(11(14)6-8)15-13(16)10-3-4-17-7-10/h5-6,10H,3-4,7H2,1-2H3,(H,15,16). The Hall–Kier alpha value is -1.06. The number of halogens is 1. The molecule has 0 radical (unpaired) electrons. The van der Waals surface area contributed by atoms with E-state index >= 15 is 0 Å². The minimum absolute atomic E-state index is 0.00338. The van der Waals surface area contributed by atoms with Crippen LogP contribution in [0.5, 0.6) is 0 Å². The summed E-state index contributed by atoms with van der Waals surface area (Å²) in [6.45, 7) is 5.10. The first-order valence-electron chi connectivity index (χ1n) is 5.73. The summed E-state index contributed by atoms with van der Waals surface area (Å²) in [7, 11) is 0. The lowest BCUT2D eigenvalue weighted by Gasteiger charge is -2.13. The Bertz CT molecular complexity index is 416. The summed E-state index contributed by atoms with van der Waals surface area (Å²) in [5, 5.41) is 3.49. The predicted molar refractivity (Wildman–Crippen MR) is 68.5 cm³/mol. The quantitative estimate of drug-likeness (QED) is 0.880. The van der Waals surface area contributed by atoms with Gasteiger partial charge in [0.15, 0.2) is 0 Å². The van der Waals surface area contributed by atoms with Gasteiger partial charge in [0.05, 0.1) is 23.2 Å². The van der Waals surface area contributed by atoms with Gasteiger partial charge in [0.25, 0.3) is 0 Å². The number of rotatable bonds is 2. The van der Waals surface area contributed by atoms with Crippen LogP contribution in [0.4, 0.5) is 5.69 Å². The number of aryl methyl sites for hydroxylation is 2. The van der Waals surface area contributed by atoms with Crippen LogP contribution in [-0.2, 0) is 9.53 Å².